The van der Waals surface area contributed by atoms with Crippen LogP contribution in [0.4, 0.5) is 0 Å². The molecule has 2 N–H and O–H groups in total. The van der Waals surface area contributed by atoms with Crippen molar-refractivity contribution in [1.82, 2.24) is 14.9 Å². The van der Waals surface area contributed by atoms with Gasteiger partial charge < -0.3 is 15.1 Å². The van der Waals surface area contributed by atoms with Crippen LogP contribution in [-0.2, 0) is 5.41 Å². The molecule has 0 radical (unpaired) electrons. The Kier molecular flexibility index (Phi) is 5.82. The molecule has 0 bridgehead atoms. The second kappa shape index (κ2) is 8.49. The van der Waals surface area contributed by atoms with Crippen LogP contribution >= 0.6 is 11.3 Å². The zero-order chi connectivity index (χ0) is 19.4. The van der Waals surface area contributed by atoms with Gasteiger partial charge in [0.2, 0.25) is 0 Å². The van der Waals surface area contributed by atoms with Crippen LogP contribution < -0.4 is 0 Å². The van der Waals surface area contributed by atoms with Crippen molar-refractivity contribution in [2.75, 3.05) is 26.2 Å². The number of aromatic nitrogens is 2. The topological polar surface area (TPSA) is 69.5 Å². The van der Waals surface area contributed by atoms with E-state index in [2.05, 4.69) is 39.5 Å². The molecule has 0 amide bonds. The monoisotopic (exact) mass is 395 g/mol. The van der Waals surface area contributed by atoms with Crippen molar-refractivity contribution in [3.05, 3.63) is 71.4 Å². The Bertz CT molecular complexity index is 877. The van der Waals surface area contributed by atoms with Gasteiger partial charge >= 0.3 is 0 Å². The van der Waals surface area contributed by atoms with Crippen LogP contribution in [0, 0.1) is 0 Å². The van der Waals surface area contributed by atoms with Crippen molar-refractivity contribution in [3.63, 3.8) is 0 Å². The summed E-state index contributed by atoms with van der Waals surface area (Å²) in [5.74, 6) is 0. The van der Waals surface area contributed by atoms with E-state index >= 15 is 0 Å². The van der Waals surface area contributed by atoms with Crippen molar-refractivity contribution in [3.8, 4) is 10.7 Å². The van der Waals surface area contributed by atoms with Crippen LogP contribution in [0.25, 0.3) is 10.7 Å². The molecule has 0 spiro atoms. The van der Waals surface area contributed by atoms with Gasteiger partial charge in [-0.2, -0.15) is 0 Å². The van der Waals surface area contributed by atoms with E-state index in [9.17, 15) is 5.11 Å². The summed E-state index contributed by atoms with van der Waals surface area (Å²) in [5, 5.41) is 22.1. The summed E-state index contributed by atoms with van der Waals surface area (Å²) in [6, 6.07) is 16.5. The Hall–Kier alpha value is -2.12. The van der Waals surface area contributed by atoms with E-state index in [1.807, 2.05) is 24.3 Å². The number of piperidine rings is 1. The summed E-state index contributed by atoms with van der Waals surface area (Å²) in [7, 11) is 0. The predicted molar refractivity (Wildman–Crippen MR) is 111 cm³/mol. The summed E-state index contributed by atoms with van der Waals surface area (Å²) >= 11 is 1.64. The molecule has 2 aromatic heterocycles. The summed E-state index contributed by atoms with van der Waals surface area (Å²) in [4.78, 5) is 11.7. The Morgan fingerprint density at radius 3 is 2.50 bits per heavy atom. The van der Waals surface area contributed by atoms with E-state index in [0.717, 1.165) is 42.3 Å². The van der Waals surface area contributed by atoms with Gasteiger partial charge in [0.05, 0.1) is 24.1 Å². The molecular formula is C22H25N3O2S. The van der Waals surface area contributed by atoms with E-state index in [4.69, 9.17) is 10.1 Å². The molecule has 1 aromatic carbocycles. The third-order valence-electron chi connectivity index (χ3n) is 5.59. The van der Waals surface area contributed by atoms with Gasteiger partial charge in [-0.3, -0.25) is 4.98 Å². The molecule has 3 heterocycles. The van der Waals surface area contributed by atoms with Gasteiger partial charge in [0.1, 0.15) is 5.01 Å². The lowest BCUT2D eigenvalue weighted by Gasteiger charge is -2.42. The first-order chi connectivity index (χ1) is 13.7. The zero-order valence-electron chi connectivity index (χ0n) is 15.7. The predicted octanol–water partition coefficient (Wildman–Crippen LogP) is 2.94. The summed E-state index contributed by atoms with van der Waals surface area (Å²) in [6.45, 7) is 2.04. The maximum absolute atomic E-state index is 9.79. The van der Waals surface area contributed by atoms with Crippen LogP contribution in [0.3, 0.4) is 0 Å². The van der Waals surface area contributed by atoms with E-state index in [0.29, 0.717) is 6.54 Å². The van der Waals surface area contributed by atoms with Crippen molar-refractivity contribution >= 4 is 11.3 Å². The lowest BCUT2D eigenvalue weighted by Crippen LogP contribution is -2.46. The molecule has 146 valence electrons. The fourth-order valence-electron chi connectivity index (χ4n) is 4.02. The number of aliphatic hydroxyl groups is 2. The molecule has 1 saturated heterocycles. The van der Waals surface area contributed by atoms with E-state index < -0.39 is 6.10 Å². The largest absolute Gasteiger partial charge is 0.394 e. The fraction of sp³-hybridized carbons (Fsp3) is 0.364. The first-order valence-corrected chi connectivity index (χ1v) is 10.5. The number of pyridine rings is 1. The van der Waals surface area contributed by atoms with Gasteiger partial charge in [0.15, 0.2) is 0 Å². The van der Waals surface area contributed by atoms with Crippen LogP contribution in [-0.4, -0.2) is 57.4 Å². The maximum Gasteiger partial charge on any atom is 0.142 e. The van der Waals surface area contributed by atoms with Crippen molar-refractivity contribution in [2.24, 2.45) is 0 Å². The lowest BCUT2D eigenvalue weighted by atomic mass is 9.70. The molecule has 3 aromatic rings. The Morgan fingerprint density at radius 2 is 1.82 bits per heavy atom. The van der Waals surface area contributed by atoms with Crippen LogP contribution in [0.15, 0.2) is 60.1 Å². The van der Waals surface area contributed by atoms with Gasteiger partial charge in [0, 0.05) is 23.5 Å². The molecule has 1 fully saturated rings. The second-order valence-electron chi connectivity index (χ2n) is 7.34. The number of likely N-dealkylation sites (tertiary alicyclic amines) is 1. The molecule has 28 heavy (non-hydrogen) atoms. The standard InChI is InChI=1S/C22H25N3O2S/c26-15-18(27)14-25-12-9-22(10-13-25,17-6-2-1-3-7-17)20-16-28-21(24-20)19-8-4-5-11-23-19/h1-8,11,16,18,26-27H,9-10,12-15H2. The molecule has 6 heteroatoms. The van der Waals surface area contributed by atoms with Crippen LogP contribution in [0.2, 0.25) is 0 Å². The number of benzene rings is 1. The van der Waals surface area contributed by atoms with Crippen molar-refractivity contribution in [1.29, 1.82) is 0 Å². The Labute approximate surface area is 169 Å². The molecule has 5 nitrogen and oxygen atoms in total. The highest BCUT2D eigenvalue weighted by molar-refractivity contribution is 7.13. The molecule has 0 aliphatic carbocycles. The number of β-amino-alcohol motifs (C(OH)–C–C–N with tert-alkyl or cyclic N) is 1. The summed E-state index contributed by atoms with van der Waals surface area (Å²) in [5.41, 5.74) is 3.17. The van der Waals surface area contributed by atoms with E-state index in [1.54, 1.807) is 17.5 Å². The maximum atomic E-state index is 9.79. The summed E-state index contributed by atoms with van der Waals surface area (Å²) < 4.78 is 0. The molecular weight excluding hydrogens is 370 g/mol. The molecule has 1 aliphatic rings. The van der Waals surface area contributed by atoms with Crippen molar-refractivity contribution in [2.45, 2.75) is 24.4 Å². The number of hydrogen-bond donors (Lipinski definition) is 2. The quantitative estimate of drug-likeness (QED) is 0.672. The van der Waals surface area contributed by atoms with Gasteiger partial charge in [-0.15, -0.1) is 11.3 Å². The number of nitrogens with zero attached hydrogens (tertiary/aromatic N) is 3. The molecule has 0 saturated carbocycles. The highest BCUT2D eigenvalue weighted by Crippen LogP contribution is 2.42. The SMILES string of the molecule is OCC(O)CN1CCC(c2ccccc2)(c2csc(-c3ccccn3)n2)CC1. The number of aliphatic hydroxyl groups excluding tert-OH is 2. The first-order valence-electron chi connectivity index (χ1n) is 9.65. The van der Waals surface area contributed by atoms with Crippen LogP contribution in [0.5, 0.6) is 0 Å². The third-order valence-corrected chi connectivity index (χ3v) is 6.46. The highest BCUT2D eigenvalue weighted by atomic mass is 32.1. The van der Waals surface area contributed by atoms with E-state index in [-0.39, 0.29) is 12.0 Å². The second-order valence-corrected chi connectivity index (χ2v) is 8.20. The Morgan fingerprint density at radius 1 is 1.07 bits per heavy atom. The van der Waals surface area contributed by atoms with Gasteiger partial charge in [0.25, 0.3) is 0 Å². The lowest BCUT2D eigenvalue weighted by molar-refractivity contribution is 0.0464. The zero-order valence-corrected chi connectivity index (χ0v) is 16.6. The minimum atomic E-state index is -0.681. The summed E-state index contributed by atoms with van der Waals surface area (Å²) in [6.07, 6.45) is 2.98. The normalized spacial score (nSPS) is 18.1. The molecule has 1 aliphatic heterocycles. The molecule has 4 rings (SSSR count). The first kappa shape index (κ1) is 19.2. The van der Waals surface area contributed by atoms with Gasteiger partial charge in [-0.1, -0.05) is 36.4 Å². The smallest absolute Gasteiger partial charge is 0.142 e. The Balaban J connectivity index is 1.64. The third kappa shape index (κ3) is 3.86. The van der Waals surface area contributed by atoms with Crippen molar-refractivity contribution < 1.29 is 10.2 Å². The number of thiazole rings is 1. The minimum absolute atomic E-state index is 0.133. The van der Waals surface area contributed by atoms with Crippen LogP contribution in [0.1, 0.15) is 24.1 Å². The number of rotatable bonds is 6. The van der Waals surface area contributed by atoms with Gasteiger partial charge in [-0.05, 0) is 43.6 Å². The van der Waals surface area contributed by atoms with Gasteiger partial charge in [-0.25, -0.2) is 4.98 Å². The fourth-order valence-corrected chi connectivity index (χ4v) is 4.92. The molecule has 1 unspecified atom stereocenters. The molecule has 1 atom stereocenters. The average molecular weight is 396 g/mol. The van der Waals surface area contributed by atoms with E-state index in [1.165, 1.54) is 5.56 Å². The average Bonchev–Trinajstić information content (AvgIpc) is 3.26. The minimum Gasteiger partial charge on any atom is -0.394 e. The number of hydrogen-bond acceptors (Lipinski definition) is 6. The highest BCUT2D eigenvalue weighted by Gasteiger charge is 2.40.